The van der Waals surface area contributed by atoms with E-state index in [1.165, 1.54) is 0 Å². The molecule has 2 amide bonds. The fraction of sp³-hybridized carbons (Fsp3) is 0.857. The van der Waals surface area contributed by atoms with E-state index in [4.69, 9.17) is 0 Å². The van der Waals surface area contributed by atoms with Gasteiger partial charge in [-0.3, -0.25) is 0 Å². The van der Waals surface area contributed by atoms with E-state index >= 15 is 0 Å². The maximum atomic E-state index is 10.7. The van der Waals surface area contributed by atoms with Crippen LogP contribution in [0.2, 0.25) is 0 Å². The van der Waals surface area contributed by atoms with E-state index in [9.17, 15) is 4.79 Å². The number of amides is 2. The van der Waals surface area contributed by atoms with Crippen molar-refractivity contribution in [3.63, 3.8) is 0 Å². The van der Waals surface area contributed by atoms with Gasteiger partial charge in [-0.2, -0.15) is 0 Å². The Bertz CT molecular complexity index is 125. The third-order valence-electron chi connectivity index (χ3n) is 1.67. The summed E-state index contributed by atoms with van der Waals surface area (Å²) in [4.78, 5) is 12.7. The van der Waals surface area contributed by atoms with Crippen molar-refractivity contribution in [2.75, 3.05) is 27.7 Å². The summed E-state index contributed by atoms with van der Waals surface area (Å²) < 4.78 is 0. The molecule has 0 saturated heterocycles. The normalized spacial score (nSPS) is 12.8. The number of urea groups is 1. The maximum Gasteiger partial charge on any atom is 0.314 e. The molecule has 0 fully saturated rings. The molecule has 1 atom stereocenters. The summed E-state index contributed by atoms with van der Waals surface area (Å²) in [5.74, 6) is 0. The molecule has 0 bridgehead atoms. The highest BCUT2D eigenvalue weighted by Crippen LogP contribution is 1.87. The van der Waals surface area contributed by atoms with E-state index in [-0.39, 0.29) is 6.03 Å². The van der Waals surface area contributed by atoms with Crippen LogP contribution >= 0.6 is 0 Å². The van der Waals surface area contributed by atoms with Gasteiger partial charge < -0.3 is 15.5 Å². The SMILES string of the molecule is CNC(=O)NCC(C)N(C)C. The highest BCUT2D eigenvalue weighted by Gasteiger charge is 2.04. The summed E-state index contributed by atoms with van der Waals surface area (Å²) in [7, 11) is 5.57. The lowest BCUT2D eigenvalue weighted by Gasteiger charge is -2.19. The number of likely N-dealkylation sites (N-methyl/N-ethyl adjacent to an activating group) is 1. The molecule has 0 aromatic heterocycles. The standard InChI is InChI=1S/C7H17N3O/c1-6(10(3)4)5-9-7(11)8-2/h6H,5H2,1-4H3,(H2,8,9,11). The molecule has 4 heteroatoms. The van der Waals surface area contributed by atoms with Crippen molar-refractivity contribution >= 4 is 6.03 Å². The molecule has 4 nitrogen and oxygen atoms in total. The zero-order valence-corrected chi connectivity index (χ0v) is 7.64. The third-order valence-corrected chi connectivity index (χ3v) is 1.67. The molecule has 0 radical (unpaired) electrons. The van der Waals surface area contributed by atoms with E-state index in [1.807, 2.05) is 14.1 Å². The van der Waals surface area contributed by atoms with Gasteiger partial charge in [0.1, 0.15) is 0 Å². The first-order valence-corrected chi connectivity index (χ1v) is 3.70. The Morgan fingerprint density at radius 3 is 2.45 bits per heavy atom. The Hall–Kier alpha value is -0.770. The molecule has 0 saturated carbocycles. The molecule has 0 rings (SSSR count). The molecule has 0 aliphatic heterocycles. The van der Waals surface area contributed by atoms with Crippen LogP contribution < -0.4 is 10.6 Å². The molecule has 0 aliphatic rings. The first kappa shape index (κ1) is 10.2. The Kier molecular flexibility index (Phi) is 4.61. The fourth-order valence-electron chi connectivity index (χ4n) is 0.511. The number of nitrogens with one attached hydrogen (secondary N) is 2. The van der Waals surface area contributed by atoms with Gasteiger partial charge >= 0.3 is 6.03 Å². The third kappa shape index (κ3) is 4.61. The number of nitrogens with zero attached hydrogens (tertiary/aromatic N) is 1. The van der Waals surface area contributed by atoms with Crippen molar-refractivity contribution in [1.29, 1.82) is 0 Å². The lowest BCUT2D eigenvalue weighted by molar-refractivity contribution is 0.236. The van der Waals surface area contributed by atoms with Crippen molar-refractivity contribution in [1.82, 2.24) is 15.5 Å². The number of hydrogen-bond acceptors (Lipinski definition) is 2. The van der Waals surface area contributed by atoms with Gasteiger partial charge in [0.05, 0.1) is 0 Å². The Labute approximate surface area is 67.9 Å². The highest BCUT2D eigenvalue weighted by molar-refractivity contribution is 5.73. The summed E-state index contributed by atoms with van der Waals surface area (Å²) in [6.07, 6.45) is 0. The Balaban J connectivity index is 3.45. The number of rotatable bonds is 3. The average Bonchev–Trinajstić information content (AvgIpc) is 1.99. The van der Waals surface area contributed by atoms with Crippen LogP contribution in [0.25, 0.3) is 0 Å². The second kappa shape index (κ2) is 4.96. The van der Waals surface area contributed by atoms with E-state index in [0.717, 1.165) is 0 Å². The molecule has 11 heavy (non-hydrogen) atoms. The lowest BCUT2D eigenvalue weighted by Crippen LogP contribution is -2.41. The Morgan fingerprint density at radius 2 is 2.09 bits per heavy atom. The minimum atomic E-state index is -0.126. The molecule has 0 aromatic carbocycles. The second-order valence-electron chi connectivity index (χ2n) is 2.77. The van der Waals surface area contributed by atoms with Crippen molar-refractivity contribution in [2.24, 2.45) is 0 Å². The van der Waals surface area contributed by atoms with E-state index in [2.05, 4.69) is 22.5 Å². The van der Waals surface area contributed by atoms with Crippen LogP contribution in [0, 0.1) is 0 Å². The number of hydrogen-bond donors (Lipinski definition) is 2. The Morgan fingerprint density at radius 1 is 1.55 bits per heavy atom. The van der Waals surface area contributed by atoms with Gasteiger partial charge in [0.25, 0.3) is 0 Å². The van der Waals surface area contributed by atoms with Gasteiger partial charge in [0.15, 0.2) is 0 Å². The lowest BCUT2D eigenvalue weighted by atomic mass is 10.3. The summed E-state index contributed by atoms with van der Waals surface area (Å²) in [5, 5.41) is 5.21. The molecule has 1 unspecified atom stereocenters. The second-order valence-corrected chi connectivity index (χ2v) is 2.77. The van der Waals surface area contributed by atoms with Crippen LogP contribution in [0.3, 0.4) is 0 Å². The van der Waals surface area contributed by atoms with Gasteiger partial charge in [-0.25, -0.2) is 4.79 Å². The monoisotopic (exact) mass is 159 g/mol. The zero-order valence-electron chi connectivity index (χ0n) is 7.64. The van der Waals surface area contributed by atoms with E-state index < -0.39 is 0 Å². The molecule has 0 aromatic rings. The predicted octanol–water partition coefficient (Wildman–Crippen LogP) is -0.134. The molecule has 0 spiro atoms. The minimum absolute atomic E-state index is 0.126. The molecule has 0 aliphatic carbocycles. The van der Waals surface area contributed by atoms with Crippen LogP contribution in [0.15, 0.2) is 0 Å². The van der Waals surface area contributed by atoms with Gasteiger partial charge in [0.2, 0.25) is 0 Å². The predicted molar refractivity (Wildman–Crippen MR) is 45.6 cm³/mol. The van der Waals surface area contributed by atoms with Gasteiger partial charge in [0, 0.05) is 19.6 Å². The van der Waals surface area contributed by atoms with Gasteiger partial charge in [-0.1, -0.05) is 0 Å². The summed E-state index contributed by atoms with van der Waals surface area (Å²) in [5.41, 5.74) is 0. The molecule has 0 heterocycles. The number of carbonyl (C=O) groups is 1. The van der Waals surface area contributed by atoms with Crippen molar-refractivity contribution in [3.05, 3.63) is 0 Å². The first-order valence-electron chi connectivity index (χ1n) is 3.70. The van der Waals surface area contributed by atoms with Crippen molar-refractivity contribution in [2.45, 2.75) is 13.0 Å². The summed E-state index contributed by atoms with van der Waals surface area (Å²) >= 11 is 0. The maximum absolute atomic E-state index is 10.7. The largest absolute Gasteiger partial charge is 0.341 e. The quantitative estimate of drug-likeness (QED) is 0.602. The first-order chi connectivity index (χ1) is 5.07. The van der Waals surface area contributed by atoms with Crippen molar-refractivity contribution in [3.8, 4) is 0 Å². The van der Waals surface area contributed by atoms with Crippen LogP contribution in [0.1, 0.15) is 6.92 Å². The van der Waals surface area contributed by atoms with E-state index in [0.29, 0.717) is 12.6 Å². The topological polar surface area (TPSA) is 44.4 Å². The fourth-order valence-corrected chi connectivity index (χ4v) is 0.511. The summed E-state index contributed by atoms with van der Waals surface area (Å²) in [6, 6.07) is 0.242. The van der Waals surface area contributed by atoms with Crippen LogP contribution in [0.5, 0.6) is 0 Å². The van der Waals surface area contributed by atoms with Crippen LogP contribution in [-0.4, -0.2) is 44.7 Å². The molecular formula is C7H17N3O. The van der Waals surface area contributed by atoms with Gasteiger partial charge in [-0.15, -0.1) is 0 Å². The zero-order chi connectivity index (χ0) is 8.85. The van der Waals surface area contributed by atoms with Crippen molar-refractivity contribution < 1.29 is 4.79 Å². The minimum Gasteiger partial charge on any atom is -0.341 e. The van der Waals surface area contributed by atoms with E-state index in [1.54, 1.807) is 7.05 Å². The van der Waals surface area contributed by atoms with Gasteiger partial charge in [-0.05, 0) is 21.0 Å². The summed E-state index contributed by atoms with van der Waals surface area (Å²) in [6.45, 7) is 2.72. The number of carbonyl (C=O) groups excluding carboxylic acids is 1. The molecular weight excluding hydrogens is 142 g/mol. The van der Waals surface area contributed by atoms with Crippen LogP contribution in [0.4, 0.5) is 4.79 Å². The highest BCUT2D eigenvalue weighted by atomic mass is 16.2. The smallest absolute Gasteiger partial charge is 0.314 e. The average molecular weight is 159 g/mol. The molecule has 2 N–H and O–H groups in total. The molecule has 66 valence electrons. The van der Waals surface area contributed by atoms with Crippen LogP contribution in [-0.2, 0) is 0 Å².